The van der Waals surface area contributed by atoms with Crippen LogP contribution in [0.5, 0.6) is 23.0 Å². The molecule has 2 aliphatic heterocycles. The quantitative estimate of drug-likeness (QED) is 0.290. The number of para-hydroxylation sites is 1. The minimum atomic E-state index is -0.327. The molecule has 4 rings (SSSR count). The van der Waals surface area contributed by atoms with E-state index in [1.165, 1.54) is 16.1 Å². The van der Waals surface area contributed by atoms with Gasteiger partial charge in [-0.15, -0.1) is 0 Å². The first kappa shape index (κ1) is 23.4. The van der Waals surface area contributed by atoms with Crippen LogP contribution in [0.15, 0.2) is 56.0 Å². The average Bonchev–Trinajstić information content (AvgIpc) is 3.34. The largest absolute Gasteiger partial charge is 0.507 e. The van der Waals surface area contributed by atoms with Gasteiger partial charge in [-0.05, 0) is 25.0 Å². The lowest BCUT2D eigenvalue weighted by Gasteiger charge is -2.27. The molecule has 2 aromatic carbocycles. The number of hydrogen-bond donors (Lipinski definition) is 2. The smallest absolute Gasteiger partial charge is 0.279 e. The molecule has 2 aromatic rings. The summed E-state index contributed by atoms with van der Waals surface area (Å²) in [6.45, 7) is 5.04. The second-order valence-corrected chi connectivity index (χ2v) is 10.0. The number of phenols is 2. The lowest BCUT2D eigenvalue weighted by molar-refractivity contribution is -0.147. The highest BCUT2D eigenvalue weighted by Crippen LogP contribution is 2.61. The number of rotatable bonds is 8. The molecule has 0 aliphatic carbocycles. The summed E-state index contributed by atoms with van der Waals surface area (Å²) < 4.78 is 6.20. The maximum atomic E-state index is 13.2. The Kier molecular flexibility index (Phi) is 7.09. The van der Waals surface area contributed by atoms with Gasteiger partial charge in [0.15, 0.2) is 11.5 Å². The number of aromatic hydroxyl groups is 2. The molecule has 1 fully saturated rings. The lowest BCUT2D eigenvalue weighted by Crippen LogP contribution is -2.42. The number of ether oxygens (including phenoxy) is 1. The second kappa shape index (κ2) is 10.0. The molecule has 0 atom stereocenters. The number of carbonyl (C=O) groups excluding carboxylic acids is 2. The van der Waals surface area contributed by atoms with E-state index in [4.69, 9.17) is 4.74 Å². The SMILES string of the molecule is CCCCN1C(=O)C(=C2Sc3c(O)cc(Oc4ccccc4)c(O)c3S2)C(=O)N1CCCC. The molecule has 174 valence electrons. The van der Waals surface area contributed by atoms with Crippen molar-refractivity contribution in [1.29, 1.82) is 0 Å². The fourth-order valence-electron chi connectivity index (χ4n) is 3.59. The number of hydrazine groups is 1. The summed E-state index contributed by atoms with van der Waals surface area (Å²) in [6, 6.07) is 10.3. The Morgan fingerprint density at radius 2 is 1.45 bits per heavy atom. The molecule has 0 saturated carbocycles. The van der Waals surface area contributed by atoms with Crippen LogP contribution in [-0.2, 0) is 9.59 Å². The number of fused-ring (bicyclic) bond motifs is 1. The van der Waals surface area contributed by atoms with Gasteiger partial charge in [-0.2, -0.15) is 0 Å². The lowest BCUT2D eigenvalue weighted by atomic mass is 10.3. The first-order valence-electron chi connectivity index (χ1n) is 11.0. The van der Waals surface area contributed by atoms with Crippen molar-refractivity contribution in [1.82, 2.24) is 10.0 Å². The van der Waals surface area contributed by atoms with E-state index in [1.807, 2.05) is 19.9 Å². The molecular formula is C24H26N2O5S2. The van der Waals surface area contributed by atoms with E-state index in [0.717, 1.165) is 49.2 Å². The van der Waals surface area contributed by atoms with Crippen molar-refractivity contribution in [2.24, 2.45) is 0 Å². The monoisotopic (exact) mass is 486 g/mol. The van der Waals surface area contributed by atoms with Gasteiger partial charge >= 0.3 is 0 Å². The molecule has 9 heteroatoms. The number of amides is 2. The van der Waals surface area contributed by atoms with Gasteiger partial charge in [-0.1, -0.05) is 68.4 Å². The Labute approximate surface area is 201 Å². The predicted molar refractivity (Wildman–Crippen MR) is 128 cm³/mol. The van der Waals surface area contributed by atoms with Crippen LogP contribution in [0.25, 0.3) is 0 Å². The van der Waals surface area contributed by atoms with Crippen LogP contribution in [0.1, 0.15) is 39.5 Å². The zero-order valence-corrected chi connectivity index (χ0v) is 20.2. The molecule has 33 heavy (non-hydrogen) atoms. The van der Waals surface area contributed by atoms with E-state index in [2.05, 4.69) is 0 Å². The minimum absolute atomic E-state index is 0.0783. The van der Waals surface area contributed by atoms with Crippen molar-refractivity contribution in [3.63, 3.8) is 0 Å². The molecule has 2 heterocycles. The average molecular weight is 487 g/mol. The molecule has 0 aromatic heterocycles. The van der Waals surface area contributed by atoms with Crippen LogP contribution in [0, 0.1) is 0 Å². The molecule has 2 amide bonds. The van der Waals surface area contributed by atoms with Gasteiger partial charge in [0, 0.05) is 19.2 Å². The number of carbonyl (C=O) groups is 2. The minimum Gasteiger partial charge on any atom is -0.507 e. The summed E-state index contributed by atoms with van der Waals surface area (Å²) >= 11 is 2.25. The summed E-state index contributed by atoms with van der Waals surface area (Å²) in [4.78, 5) is 27.3. The van der Waals surface area contributed by atoms with Crippen molar-refractivity contribution in [3.8, 4) is 23.0 Å². The second-order valence-electron chi connectivity index (χ2n) is 7.75. The Hall–Kier alpha value is -2.78. The van der Waals surface area contributed by atoms with Crippen molar-refractivity contribution < 1.29 is 24.5 Å². The molecule has 1 saturated heterocycles. The number of benzene rings is 2. The molecule has 2 aliphatic rings. The molecular weight excluding hydrogens is 460 g/mol. The van der Waals surface area contributed by atoms with Crippen molar-refractivity contribution in [3.05, 3.63) is 46.2 Å². The third-order valence-corrected chi connectivity index (χ3v) is 7.98. The normalized spacial score (nSPS) is 15.6. The predicted octanol–water partition coefficient (Wildman–Crippen LogP) is 5.49. The van der Waals surface area contributed by atoms with E-state index < -0.39 is 0 Å². The van der Waals surface area contributed by atoms with E-state index in [0.29, 0.717) is 32.9 Å². The van der Waals surface area contributed by atoms with Crippen LogP contribution in [-0.4, -0.2) is 45.1 Å². The number of nitrogens with zero attached hydrogens (tertiary/aromatic N) is 2. The topological polar surface area (TPSA) is 90.3 Å². The summed E-state index contributed by atoms with van der Waals surface area (Å²) in [6.07, 6.45) is 3.41. The van der Waals surface area contributed by atoms with Crippen LogP contribution >= 0.6 is 23.5 Å². The highest BCUT2D eigenvalue weighted by atomic mass is 32.2. The standard InChI is InChI=1S/C24H26N2O5S2/c1-3-5-12-25-22(29)18(23(30)26(25)13-6-4-2)24-32-20-16(27)14-17(19(28)21(20)33-24)31-15-10-8-7-9-11-15/h7-11,14,27-28H,3-6,12-13H2,1-2H3. The van der Waals surface area contributed by atoms with Gasteiger partial charge in [0.1, 0.15) is 17.1 Å². The van der Waals surface area contributed by atoms with Gasteiger partial charge in [0.05, 0.1) is 14.0 Å². The van der Waals surface area contributed by atoms with Crippen LogP contribution in [0.4, 0.5) is 0 Å². The maximum absolute atomic E-state index is 13.2. The van der Waals surface area contributed by atoms with Gasteiger partial charge in [0.25, 0.3) is 11.8 Å². The van der Waals surface area contributed by atoms with Gasteiger partial charge in [0.2, 0.25) is 0 Å². The third kappa shape index (κ3) is 4.52. The number of thioether (sulfide) groups is 2. The van der Waals surface area contributed by atoms with Crippen LogP contribution in [0.2, 0.25) is 0 Å². The number of phenolic OH excluding ortho intramolecular Hbond substituents is 2. The summed E-state index contributed by atoms with van der Waals surface area (Å²) in [5.74, 6) is -0.247. The van der Waals surface area contributed by atoms with Gasteiger partial charge in [-0.3, -0.25) is 9.59 Å². The van der Waals surface area contributed by atoms with Crippen molar-refractivity contribution >= 4 is 35.3 Å². The van der Waals surface area contributed by atoms with E-state index in [1.54, 1.807) is 24.3 Å². The first-order valence-corrected chi connectivity index (χ1v) is 12.6. The molecule has 0 radical (unpaired) electrons. The highest BCUT2D eigenvalue weighted by Gasteiger charge is 2.44. The Morgan fingerprint density at radius 1 is 0.879 bits per heavy atom. The van der Waals surface area contributed by atoms with Gasteiger partial charge < -0.3 is 14.9 Å². The zero-order valence-electron chi connectivity index (χ0n) is 18.5. The Balaban J connectivity index is 1.67. The van der Waals surface area contributed by atoms with Gasteiger partial charge in [-0.25, -0.2) is 10.0 Å². The molecule has 0 bridgehead atoms. The number of unbranched alkanes of at least 4 members (excludes halogenated alkanes) is 2. The Bertz CT molecular complexity index is 1080. The van der Waals surface area contributed by atoms with Crippen LogP contribution in [0.3, 0.4) is 0 Å². The maximum Gasteiger partial charge on any atom is 0.279 e. The summed E-state index contributed by atoms with van der Waals surface area (Å²) in [5.41, 5.74) is 0.0951. The molecule has 2 N–H and O–H groups in total. The molecule has 7 nitrogen and oxygen atoms in total. The van der Waals surface area contributed by atoms with Crippen molar-refractivity contribution in [2.45, 2.75) is 49.3 Å². The fraction of sp³-hybridized carbons (Fsp3) is 0.333. The van der Waals surface area contributed by atoms with E-state index >= 15 is 0 Å². The molecule has 0 spiro atoms. The highest BCUT2D eigenvalue weighted by molar-refractivity contribution is 8.25. The summed E-state index contributed by atoms with van der Waals surface area (Å²) in [7, 11) is 0. The van der Waals surface area contributed by atoms with Crippen molar-refractivity contribution in [2.75, 3.05) is 13.1 Å². The summed E-state index contributed by atoms with van der Waals surface area (Å²) in [5, 5.41) is 24.5. The Morgan fingerprint density at radius 3 is 2.03 bits per heavy atom. The zero-order chi connectivity index (χ0) is 23.5. The van der Waals surface area contributed by atoms with E-state index in [9.17, 15) is 19.8 Å². The first-order chi connectivity index (χ1) is 16.0. The third-order valence-electron chi connectivity index (χ3n) is 5.35. The fourth-order valence-corrected chi connectivity index (χ4v) is 6.18. The van der Waals surface area contributed by atoms with E-state index in [-0.39, 0.29) is 34.6 Å². The molecule has 0 unspecified atom stereocenters. The van der Waals surface area contributed by atoms with Crippen LogP contribution < -0.4 is 4.74 Å². The number of hydrogen-bond acceptors (Lipinski definition) is 7.